The maximum atomic E-state index is 12.0. The van der Waals surface area contributed by atoms with Gasteiger partial charge in [0.25, 0.3) is 0 Å². The highest BCUT2D eigenvalue weighted by atomic mass is 32.1. The first kappa shape index (κ1) is 15.2. The maximum Gasteiger partial charge on any atom is 0.316 e. The van der Waals surface area contributed by atoms with Gasteiger partial charge in [-0.25, -0.2) is 4.98 Å². The largest absolute Gasteiger partial charge is 0.465 e. The molecule has 0 spiro atoms. The lowest BCUT2D eigenvalue weighted by molar-refractivity contribution is -0.146. The van der Waals surface area contributed by atoms with Gasteiger partial charge in [0.05, 0.1) is 12.3 Å². The Balaban J connectivity index is 3.01. The Morgan fingerprint density at radius 3 is 2.44 bits per heavy atom. The molecule has 0 saturated carbocycles. The van der Waals surface area contributed by atoms with Crippen LogP contribution in [-0.2, 0) is 14.9 Å². The summed E-state index contributed by atoms with van der Waals surface area (Å²) in [6, 6.07) is 0. The molecular formula is C14H23NO2S. The molecule has 0 saturated heterocycles. The van der Waals surface area contributed by atoms with Crippen LogP contribution < -0.4 is 0 Å². The third kappa shape index (κ3) is 3.55. The van der Waals surface area contributed by atoms with E-state index in [0.29, 0.717) is 6.61 Å². The Hall–Kier alpha value is -0.900. The van der Waals surface area contributed by atoms with E-state index in [-0.39, 0.29) is 23.2 Å². The van der Waals surface area contributed by atoms with Gasteiger partial charge in [0.2, 0.25) is 0 Å². The van der Waals surface area contributed by atoms with Crippen molar-refractivity contribution in [1.82, 2.24) is 4.98 Å². The quantitative estimate of drug-likeness (QED) is 0.782. The zero-order chi connectivity index (χ0) is 13.9. The summed E-state index contributed by atoms with van der Waals surface area (Å²) >= 11 is 1.56. The minimum Gasteiger partial charge on any atom is -0.465 e. The van der Waals surface area contributed by atoms with E-state index < -0.39 is 0 Å². The number of hydrogen-bond acceptors (Lipinski definition) is 4. The van der Waals surface area contributed by atoms with E-state index in [2.05, 4.69) is 25.8 Å². The minimum absolute atomic E-state index is 0.0188. The molecular weight excluding hydrogens is 246 g/mol. The molecule has 4 heteroatoms. The number of rotatable bonds is 4. The van der Waals surface area contributed by atoms with E-state index in [4.69, 9.17) is 4.74 Å². The summed E-state index contributed by atoms with van der Waals surface area (Å²) in [6.45, 7) is 12.7. The van der Waals surface area contributed by atoms with Gasteiger partial charge in [-0.2, -0.15) is 0 Å². The van der Waals surface area contributed by atoms with Gasteiger partial charge in [0.1, 0.15) is 10.9 Å². The summed E-state index contributed by atoms with van der Waals surface area (Å²) in [7, 11) is 0. The molecule has 1 atom stereocenters. The van der Waals surface area contributed by atoms with Gasteiger partial charge in [-0.05, 0) is 12.8 Å². The van der Waals surface area contributed by atoms with Crippen LogP contribution in [0.25, 0.3) is 0 Å². The number of nitrogens with zero attached hydrogens (tertiary/aromatic N) is 1. The van der Waals surface area contributed by atoms with Crippen molar-refractivity contribution in [2.24, 2.45) is 5.92 Å². The van der Waals surface area contributed by atoms with Crippen LogP contribution in [0.3, 0.4) is 0 Å². The number of ether oxygens (including phenoxy) is 1. The average Bonchev–Trinajstić information content (AvgIpc) is 2.66. The van der Waals surface area contributed by atoms with Crippen LogP contribution in [-0.4, -0.2) is 17.6 Å². The Labute approximate surface area is 114 Å². The summed E-state index contributed by atoms with van der Waals surface area (Å²) in [6.07, 6.45) is 0. The fourth-order valence-electron chi connectivity index (χ4n) is 1.67. The van der Waals surface area contributed by atoms with Crippen molar-refractivity contribution in [3.8, 4) is 0 Å². The van der Waals surface area contributed by atoms with Crippen molar-refractivity contribution in [2.75, 3.05) is 6.61 Å². The van der Waals surface area contributed by atoms with Crippen molar-refractivity contribution in [3.63, 3.8) is 0 Å². The zero-order valence-corrected chi connectivity index (χ0v) is 12.9. The first-order chi connectivity index (χ1) is 8.27. The molecule has 1 unspecified atom stereocenters. The third-order valence-corrected chi connectivity index (χ3v) is 3.69. The number of hydrogen-bond donors (Lipinski definition) is 0. The number of thiazole rings is 1. The Bertz CT molecular complexity index is 404. The van der Waals surface area contributed by atoms with Gasteiger partial charge >= 0.3 is 5.97 Å². The van der Waals surface area contributed by atoms with E-state index in [0.717, 1.165) is 10.7 Å². The van der Waals surface area contributed by atoms with Crippen molar-refractivity contribution in [1.29, 1.82) is 0 Å². The van der Waals surface area contributed by atoms with Gasteiger partial charge in [-0.1, -0.05) is 34.6 Å². The summed E-state index contributed by atoms with van der Waals surface area (Å²) < 4.78 is 5.14. The second kappa shape index (κ2) is 5.83. The molecule has 102 valence electrons. The topological polar surface area (TPSA) is 39.2 Å². The third-order valence-electron chi connectivity index (χ3n) is 2.76. The average molecular weight is 269 g/mol. The molecule has 1 aromatic rings. The maximum absolute atomic E-state index is 12.0. The van der Waals surface area contributed by atoms with Crippen LogP contribution in [0, 0.1) is 5.92 Å². The van der Waals surface area contributed by atoms with Gasteiger partial charge in [0.15, 0.2) is 0 Å². The first-order valence-corrected chi connectivity index (χ1v) is 7.27. The molecule has 0 aliphatic heterocycles. The Morgan fingerprint density at radius 1 is 1.44 bits per heavy atom. The SMILES string of the molecule is CCOC(=O)C(c1nc(C(C)(C)C)cs1)C(C)C. The predicted molar refractivity (Wildman–Crippen MR) is 75.0 cm³/mol. The van der Waals surface area contributed by atoms with Gasteiger partial charge < -0.3 is 4.74 Å². The second-order valence-electron chi connectivity index (χ2n) is 5.79. The minimum atomic E-state index is -0.244. The molecule has 18 heavy (non-hydrogen) atoms. The highest BCUT2D eigenvalue weighted by molar-refractivity contribution is 7.09. The number of carbonyl (C=O) groups excluding carboxylic acids is 1. The zero-order valence-electron chi connectivity index (χ0n) is 12.1. The van der Waals surface area contributed by atoms with Crippen LogP contribution in [0.2, 0.25) is 0 Å². The number of aromatic nitrogens is 1. The summed E-state index contributed by atoms with van der Waals surface area (Å²) in [4.78, 5) is 16.6. The Kier molecular flexibility index (Phi) is 4.91. The molecule has 0 bridgehead atoms. The highest BCUT2D eigenvalue weighted by Crippen LogP contribution is 2.32. The molecule has 0 aliphatic rings. The van der Waals surface area contributed by atoms with Crippen molar-refractivity contribution in [3.05, 3.63) is 16.1 Å². The van der Waals surface area contributed by atoms with Crippen molar-refractivity contribution < 1.29 is 9.53 Å². The standard InChI is InChI=1S/C14H23NO2S/c1-7-17-13(16)11(9(2)3)12-15-10(8-18-12)14(4,5)6/h8-9,11H,7H2,1-6H3. The molecule has 3 nitrogen and oxygen atoms in total. The normalized spacial score (nSPS) is 13.7. The Morgan fingerprint density at radius 2 is 2.06 bits per heavy atom. The number of esters is 1. The van der Waals surface area contributed by atoms with E-state index in [1.54, 1.807) is 11.3 Å². The molecule has 0 amide bonds. The van der Waals surface area contributed by atoms with Crippen molar-refractivity contribution in [2.45, 2.75) is 52.9 Å². The van der Waals surface area contributed by atoms with Crippen LogP contribution in [0.4, 0.5) is 0 Å². The van der Waals surface area contributed by atoms with Crippen molar-refractivity contribution >= 4 is 17.3 Å². The highest BCUT2D eigenvalue weighted by Gasteiger charge is 2.29. The van der Waals surface area contributed by atoms with E-state index in [1.165, 1.54) is 0 Å². The smallest absolute Gasteiger partial charge is 0.316 e. The van der Waals surface area contributed by atoms with Gasteiger partial charge in [-0.15, -0.1) is 11.3 Å². The number of carbonyl (C=O) groups is 1. The molecule has 1 rings (SSSR count). The summed E-state index contributed by atoms with van der Waals surface area (Å²) in [5, 5.41) is 2.91. The van der Waals surface area contributed by atoms with E-state index in [1.807, 2.05) is 26.2 Å². The lowest BCUT2D eigenvalue weighted by Gasteiger charge is -2.18. The summed E-state index contributed by atoms with van der Waals surface area (Å²) in [5.74, 6) is -0.212. The van der Waals surface area contributed by atoms with Gasteiger partial charge in [0, 0.05) is 10.8 Å². The summed E-state index contributed by atoms with van der Waals surface area (Å²) in [5.41, 5.74) is 1.06. The van der Waals surface area contributed by atoms with Crippen LogP contribution >= 0.6 is 11.3 Å². The molecule has 0 fully saturated rings. The predicted octanol–water partition coefficient (Wildman–Crippen LogP) is 3.74. The molecule has 1 aromatic heterocycles. The fourth-order valence-corrected chi connectivity index (χ4v) is 2.97. The monoisotopic (exact) mass is 269 g/mol. The molecule has 1 heterocycles. The van der Waals surface area contributed by atoms with Gasteiger partial charge in [-0.3, -0.25) is 4.79 Å². The lowest BCUT2D eigenvalue weighted by Crippen LogP contribution is -2.21. The molecule has 0 N–H and O–H groups in total. The molecule has 0 radical (unpaired) electrons. The van der Waals surface area contributed by atoms with E-state index >= 15 is 0 Å². The first-order valence-electron chi connectivity index (χ1n) is 6.40. The lowest BCUT2D eigenvalue weighted by atomic mass is 9.92. The molecule has 0 aromatic carbocycles. The van der Waals surface area contributed by atoms with Crippen LogP contribution in [0.1, 0.15) is 58.2 Å². The second-order valence-corrected chi connectivity index (χ2v) is 6.68. The molecule has 0 aliphatic carbocycles. The fraction of sp³-hybridized carbons (Fsp3) is 0.714. The van der Waals surface area contributed by atoms with Crippen LogP contribution in [0.5, 0.6) is 0 Å². The van der Waals surface area contributed by atoms with E-state index in [9.17, 15) is 4.79 Å². The van der Waals surface area contributed by atoms with Crippen LogP contribution in [0.15, 0.2) is 5.38 Å².